The smallest absolute Gasteiger partial charge is 0.276 e. The Morgan fingerprint density at radius 1 is 1.36 bits per heavy atom. The van der Waals surface area contributed by atoms with E-state index in [-0.39, 0.29) is 28.6 Å². The van der Waals surface area contributed by atoms with Gasteiger partial charge in [-0.25, -0.2) is 21.9 Å². The highest BCUT2D eigenvalue weighted by atomic mass is 32.2. The molecule has 1 aliphatic rings. The zero-order chi connectivity index (χ0) is 20.9. The monoisotopic (exact) mass is 415 g/mol. The fourth-order valence-corrected chi connectivity index (χ4v) is 4.29. The van der Waals surface area contributed by atoms with Crippen LogP contribution in [0.3, 0.4) is 0 Å². The average Bonchev–Trinajstić information content (AvgIpc) is 2.84. The maximum Gasteiger partial charge on any atom is 0.276 e. The number of anilines is 1. The van der Waals surface area contributed by atoms with Crippen LogP contribution in [0.15, 0.2) is 29.3 Å². The van der Waals surface area contributed by atoms with E-state index in [1.807, 2.05) is 0 Å². The first-order chi connectivity index (χ1) is 12.9. The largest absolute Gasteiger partial charge is 0.488 e. The van der Waals surface area contributed by atoms with E-state index in [1.165, 1.54) is 37.7 Å². The van der Waals surface area contributed by atoms with Gasteiger partial charge < -0.3 is 19.7 Å². The van der Waals surface area contributed by atoms with E-state index in [1.54, 1.807) is 0 Å². The highest BCUT2D eigenvalue weighted by Gasteiger charge is 2.39. The number of sulfonamides is 1. The van der Waals surface area contributed by atoms with Crippen LogP contribution in [0.4, 0.5) is 14.5 Å². The Balaban J connectivity index is 1.98. The van der Waals surface area contributed by atoms with Crippen LogP contribution in [0.1, 0.15) is 24.3 Å². The Kier molecular flexibility index (Phi) is 4.94. The molecule has 1 aromatic heterocycles. The fraction of sp³-hybridized carbons (Fsp3) is 0.353. The maximum atomic E-state index is 13.4. The van der Waals surface area contributed by atoms with E-state index in [0.717, 1.165) is 12.1 Å². The molecule has 152 valence electrons. The second-order valence-electron chi connectivity index (χ2n) is 7.00. The molecule has 2 aromatic rings. The summed E-state index contributed by atoms with van der Waals surface area (Å²) in [5.74, 6) is -3.17. The third-order valence-corrected chi connectivity index (χ3v) is 5.79. The van der Waals surface area contributed by atoms with Gasteiger partial charge in [0.15, 0.2) is 23.1 Å². The number of hydrogen-bond acceptors (Lipinski definition) is 5. The zero-order valence-electron chi connectivity index (χ0n) is 15.3. The van der Waals surface area contributed by atoms with Crippen molar-refractivity contribution in [2.24, 2.45) is 7.05 Å². The number of ether oxygens (including phenoxy) is 1. The van der Waals surface area contributed by atoms with Gasteiger partial charge in [-0.1, -0.05) is 0 Å². The second-order valence-corrected chi connectivity index (χ2v) is 8.69. The summed E-state index contributed by atoms with van der Waals surface area (Å²) in [4.78, 5) is 12.4. The summed E-state index contributed by atoms with van der Waals surface area (Å²) in [6.07, 6.45) is 1.20. The molecule has 1 atom stereocenters. The lowest BCUT2D eigenvalue weighted by Crippen LogP contribution is -2.51. The Morgan fingerprint density at radius 3 is 2.64 bits per heavy atom. The van der Waals surface area contributed by atoms with E-state index in [4.69, 9.17) is 4.74 Å². The van der Waals surface area contributed by atoms with Crippen LogP contribution >= 0.6 is 0 Å². The standard InChI is InChI=1S/C17H19F2N3O5S/c1-17(2,24)13-8-27-15-12(28(25,26)21-13)7-22(3)14(15)16(23)20-9-4-5-10(18)11(19)6-9/h4-7,13,21,24H,8H2,1-3H3,(H,20,23). The molecule has 2 heterocycles. The van der Waals surface area contributed by atoms with Crippen molar-refractivity contribution >= 4 is 21.6 Å². The van der Waals surface area contributed by atoms with Gasteiger partial charge in [0.2, 0.25) is 10.0 Å². The van der Waals surface area contributed by atoms with Crippen molar-refractivity contribution in [3.8, 4) is 5.75 Å². The lowest BCUT2D eigenvalue weighted by Gasteiger charge is -2.27. The van der Waals surface area contributed by atoms with Crippen molar-refractivity contribution in [2.75, 3.05) is 11.9 Å². The number of halogens is 2. The minimum Gasteiger partial charge on any atom is -0.488 e. The number of hydrogen-bond donors (Lipinski definition) is 3. The van der Waals surface area contributed by atoms with Gasteiger partial charge >= 0.3 is 0 Å². The quantitative estimate of drug-likeness (QED) is 0.702. The molecule has 0 bridgehead atoms. The number of aromatic nitrogens is 1. The number of amides is 1. The zero-order valence-corrected chi connectivity index (χ0v) is 16.1. The van der Waals surface area contributed by atoms with E-state index in [2.05, 4.69) is 10.0 Å². The van der Waals surface area contributed by atoms with Crippen LogP contribution in [0.5, 0.6) is 5.75 Å². The number of fused-ring (bicyclic) bond motifs is 1. The molecule has 3 N–H and O–H groups in total. The van der Waals surface area contributed by atoms with Crippen LogP contribution in [-0.4, -0.2) is 42.2 Å². The third kappa shape index (κ3) is 3.73. The van der Waals surface area contributed by atoms with Gasteiger partial charge in [-0.05, 0) is 26.0 Å². The molecule has 11 heteroatoms. The van der Waals surface area contributed by atoms with Crippen molar-refractivity contribution in [1.29, 1.82) is 0 Å². The van der Waals surface area contributed by atoms with Crippen LogP contribution in [0.2, 0.25) is 0 Å². The van der Waals surface area contributed by atoms with Crippen LogP contribution < -0.4 is 14.8 Å². The highest BCUT2D eigenvalue weighted by molar-refractivity contribution is 7.89. The number of nitrogens with zero attached hydrogens (tertiary/aromatic N) is 1. The molecular formula is C17H19F2N3O5S. The summed E-state index contributed by atoms with van der Waals surface area (Å²) in [5, 5.41) is 12.5. The summed E-state index contributed by atoms with van der Waals surface area (Å²) < 4.78 is 60.9. The SMILES string of the molecule is Cn1cc2c(c1C(=O)Nc1ccc(F)c(F)c1)OCC(C(C)(C)O)NS2(=O)=O. The van der Waals surface area contributed by atoms with Gasteiger partial charge in [0.05, 0.1) is 11.6 Å². The number of benzene rings is 1. The first-order valence-corrected chi connectivity index (χ1v) is 9.71. The summed E-state index contributed by atoms with van der Waals surface area (Å²) in [7, 11) is -2.63. The molecule has 8 nitrogen and oxygen atoms in total. The molecule has 1 unspecified atom stereocenters. The number of aryl methyl sites for hydroxylation is 1. The predicted octanol–water partition coefficient (Wildman–Crippen LogP) is 1.37. The number of nitrogens with one attached hydrogen (secondary N) is 2. The van der Waals surface area contributed by atoms with Crippen LogP contribution in [0, 0.1) is 11.6 Å². The van der Waals surface area contributed by atoms with Gasteiger partial charge in [-0.15, -0.1) is 0 Å². The molecule has 0 saturated heterocycles. The molecular weight excluding hydrogens is 396 g/mol. The Morgan fingerprint density at radius 2 is 2.04 bits per heavy atom. The van der Waals surface area contributed by atoms with Crippen molar-refractivity contribution in [2.45, 2.75) is 30.4 Å². The fourth-order valence-electron chi connectivity index (χ4n) is 2.73. The normalized spacial score (nSPS) is 18.7. The second kappa shape index (κ2) is 6.83. The third-order valence-electron chi connectivity index (χ3n) is 4.33. The van der Waals surface area contributed by atoms with E-state index in [0.29, 0.717) is 0 Å². The first-order valence-electron chi connectivity index (χ1n) is 8.23. The predicted molar refractivity (Wildman–Crippen MR) is 95.6 cm³/mol. The molecule has 0 spiro atoms. The summed E-state index contributed by atoms with van der Waals surface area (Å²) in [6, 6.07) is 1.88. The van der Waals surface area contributed by atoms with E-state index >= 15 is 0 Å². The van der Waals surface area contributed by atoms with Crippen molar-refractivity contribution in [1.82, 2.24) is 9.29 Å². The molecule has 3 rings (SSSR count). The molecule has 1 aromatic carbocycles. The van der Waals surface area contributed by atoms with Gasteiger partial charge in [-0.2, -0.15) is 0 Å². The minimum atomic E-state index is -4.08. The van der Waals surface area contributed by atoms with Crippen LogP contribution in [0.25, 0.3) is 0 Å². The summed E-state index contributed by atoms with van der Waals surface area (Å²) in [5.41, 5.74) is -1.54. The van der Waals surface area contributed by atoms with Gasteiger partial charge in [0.25, 0.3) is 5.91 Å². The molecule has 0 saturated carbocycles. The highest BCUT2D eigenvalue weighted by Crippen LogP contribution is 2.34. The molecule has 1 aliphatic heterocycles. The molecule has 0 fully saturated rings. The van der Waals surface area contributed by atoms with Crippen molar-refractivity contribution < 1.29 is 31.8 Å². The first kappa shape index (κ1) is 20.2. The summed E-state index contributed by atoms with van der Waals surface area (Å²) in [6.45, 7) is 2.64. The average molecular weight is 415 g/mol. The molecule has 0 aliphatic carbocycles. The topological polar surface area (TPSA) is 110 Å². The number of rotatable bonds is 3. The molecule has 0 radical (unpaired) electrons. The van der Waals surface area contributed by atoms with Gasteiger partial charge in [-0.3, -0.25) is 4.79 Å². The van der Waals surface area contributed by atoms with E-state index in [9.17, 15) is 27.1 Å². The Hall–Kier alpha value is -2.50. The number of aliphatic hydroxyl groups is 1. The molecule has 1 amide bonds. The van der Waals surface area contributed by atoms with Crippen molar-refractivity contribution in [3.63, 3.8) is 0 Å². The lowest BCUT2D eigenvalue weighted by atomic mass is 10.0. The van der Waals surface area contributed by atoms with Gasteiger partial charge in [0.1, 0.15) is 11.5 Å². The van der Waals surface area contributed by atoms with Gasteiger partial charge in [0, 0.05) is 25.0 Å². The lowest BCUT2D eigenvalue weighted by molar-refractivity contribution is 0.0288. The Bertz CT molecular complexity index is 1040. The minimum absolute atomic E-state index is 0.0113. The van der Waals surface area contributed by atoms with E-state index < -0.39 is 39.2 Å². The van der Waals surface area contributed by atoms with Crippen molar-refractivity contribution in [3.05, 3.63) is 41.7 Å². The maximum absolute atomic E-state index is 13.4. The summed E-state index contributed by atoms with van der Waals surface area (Å²) >= 11 is 0. The number of carbonyl (C=O) groups excluding carboxylic acids is 1. The van der Waals surface area contributed by atoms with Crippen LogP contribution in [-0.2, 0) is 17.1 Å². The molecule has 28 heavy (non-hydrogen) atoms. The number of carbonyl (C=O) groups is 1. The Labute approximate surface area is 160 Å².